The number of benzene rings is 3. The summed E-state index contributed by atoms with van der Waals surface area (Å²) in [5.41, 5.74) is 8.78. The van der Waals surface area contributed by atoms with E-state index in [2.05, 4.69) is 21.1 Å². The van der Waals surface area contributed by atoms with Crippen molar-refractivity contribution in [1.29, 1.82) is 0 Å². The molecular weight excluding hydrogens is 413 g/mol. The Labute approximate surface area is 182 Å². The summed E-state index contributed by atoms with van der Waals surface area (Å²) in [5.74, 6) is -0.748. The van der Waals surface area contributed by atoms with E-state index >= 15 is 0 Å². The minimum atomic E-state index is -0.543. The maximum absolute atomic E-state index is 13.8. The topological polar surface area (TPSA) is 122 Å². The molecule has 0 bridgehead atoms. The lowest BCUT2D eigenvalue weighted by molar-refractivity contribution is 0.102. The second-order valence-electron chi connectivity index (χ2n) is 7.19. The van der Waals surface area contributed by atoms with Gasteiger partial charge in [0.1, 0.15) is 5.82 Å². The molecule has 0 radical (unpaired) electrons. The number of nitrogens with one attached hydrogen (secondary N) is 3. The first kappa shape index (κ1) is 20.9. The Bertz CT molecular complexity index is 1320. The molecule has 0 unspecified atom stereocenters. The van der Waals surface area contributed by atoms with E-state index in [0.717, 1.165) is 11.1 Å². The highest BCUT2D eigenvalue weighted by atomic mass is 19.1. The molecule has 0 fully saturated rings. The second kappa shape index (κ2) is 8.76. The summed E-state index contributed by atoms with van der Waals surface area (Å²) in [6.45, 7) is 1.98. The van der Waals surface area contributed by atoms with Crippen LogP contribution in [0.5, 0.6) is 0 Å². The van der Waals surface area contributed by atoms with E-state index in [4.69, 9.17) is 10.3 Å². The molecule has 1 aromatic heterocycles. The smallest absolute Gasteiger partial charge is 0.319 e. The summed E-state index contributed by atoms with van der Waals surface area (Å²) in [6.07, 6.45) is 0. The molecule has 3 amide bonds. The molecule has 0 aliphatic rings. The Hall–Kier alpha value is -4.40. The van der Waals surface area contributed by atoms with E-state index in [1.807, 2.05) is 0 Å². The number of nitrogens with two attached hydrogens (primary N) is 1. The fourth-order valence-electron chi connectivity index (χ4n) is 3.25. The average Bonchev–Trinajstić information content (AvgIpc) is 3.16. The normalized spacial score (nSPS) is 10.7. The quantitative estimate of drug-likeness (QED) is 0.371. The molecule has 0 saturated carbocycles. The minimum absolute atomic E-state index is 0.102. The maximum Gasteiger partial charge on any atom is 0.319 e. The van der Waals surface area contributed by atoms with Gasteiger partial charge in [-0.15, -0.1) is 0 Å². The molecule has 0 aliphatic carbocycles. The Kier molecular flexibility index (Phi) is 5.71. The van der Waals surface area contributed by atoms with E-state index in [1.54, 1.807) is 61.5 Å². The van der Waals surface area contributed by atoms with Crippen LogP contribution in [0.2, 0.25) is 0 Å². The first-order valence-electron chi connectivity index (χ1n) is 9.76. The number of nitrogen functional groups attached to an aromatic ring is 1. The molecule has 0 aliphatic heterocycles. The lowest BCUT2D eigenvalue weighted by Gasteiger charge is -2.11. The largest absolute Gasteiger partial charge is 0.380 e. The highest BCUT2D eigenvalue weighted by Gasteiger charge is 2.16. The Morgan fingerprint density at radius 3 is 2.72 bits per heavy atom. The van der Waals surface area contributed by atoms with Gasteiger partial charge in [0.2, 0.25) is 0 Å². The lowest BCUT2D eigenvalue weighted by atomic mass is 10.1. The number of aromatic nitrogens is 1. The van der Waals surface area contributed by atoms with E-state index < -0.39 is 11.8 Å². The summed E-state index contributed by atoms with van der Waals surface area (Å²) >= 11 is 0. The Balaban J connectivity index is 1.41. The number of urea groups is 1. The number of fused-ring (bicyclic) bond motifs is 1. The molecule has 9 heteroatoms. The van der Waals surface area contributed by atoms with Crippen LogP contribution in [0.15, 0.2) is 65.2 Å². The van der Waals surface area contributed by atoms with Crippen LogP contribution in [0.3, 0.4) is 0 Å². The van der Waals surface area contributed by atoms with Gasteiger partial charge in [0.25, 0.3) is 5.91 Å². The molecule has 1 heterocycles. The molecule has 3 aromatic carbocycles. The summed E-state index contributed by atoms with van der Waals surface area (Å²) in [7, 11) is 0. The zero-order valence-electron chi connectivity index (χ0n) is 17.1. The molecule has 32 heavy (non-hydrogen) atoms. The summed E-state index contributed by atoms with van der Waals surface area (Å²) in [4.78, 5) is 24.9. The minimum Gasteiger partial charge on any atom is -0.380 e. The molecular formula is C23H20FN5O3. The van der Waals surface area contributed by atoms with E-state index in [-0.39, 0.29) is 24.0 Å². The van der Waals surface area contributed by atoms with Crippen LogP contribution in [0.4, 0.5) is 26.4 Å². The highest BCUT2D eigenvalue weighted by molar-refractivity contribution is 6.14. The lowest BCUT2D eigenvalue weighted by Crippen LogP contribution is -2.28. The molecule has 8 nitrogen and oxygen atoms in total. The van der Waals surface area contributed by atoms with Crippen LogP contribution in [-0.2, 0) is 6.54 Å². The van der Waals surface area contributed by atoms with Crippen LogP contribution in [0, 0.1) is 12.7 Å². The Morgan fingerprint density at radius 1 is 1.06 bits per heavy atom. The van der Waals surface area contributed by atoms with Gasteiger partial charge in [-0.25, -0.2) is 9.18 Å². The fourth-order valence-corrected chi connectivity index (χ4v) is 3.25. The van der Waals surface area contributed by atoms with E-state index in [0.29, 0.717) is 22.2 Å². The fraction of sp³-hybridized carbons (Fsp3) is 0.0870. The number of carbonyl (C=O) groups excluding carboxylic acids is 2. The maximum atomic E-state index is 13.8. The zero-order chi connectivity index (χ0) is 22.7. The zero-order valence-corrected chi connectivity index (χ0v) is 17.1. The van der Waals surface area contributed by atoms with Gasteiger partial charge in [0.05, 0.1) is 16.6 Å². The third-order valence-corrected chi connectivity index (χ3v) is 4.78. The predicted molar refractivity (Wildman–Crippen MR) is 120 cm³/mol. The molecule has 4 rings (SSSR count). The van der Waals surface area contributed by atoms with Gasteiger partial charge in [-0.3, -0.25) is 4.79 Å². The van der Waals surface area contributed by atoms with Crippen LogP contribution in [0.1, 0.15) is 21.5 Å². The van der Waals surface area contributed by atoms with Gasteiger partial charge in [-0.2, -0.15) is 0 Å². The number of aryl methyl sites for hydroxylation is 1. The van der Waals surface area contributed by atoms with Crippen molar-refractivity contribution in [3.63, 3.8) is 0 Å². The number of rotatable bonds is 5. The molecule has 4 aromatic rings. The molecule has 0 spiro atoms. The van der Waals surface area contributed by atoms with Gasteiger partial charge < -0.3 is 26.2 Å². The SMILES string of the molecule is Cc1ccc(F)c(NC(=O)NCc2cccc(NC(=O)c3cccc4onc(N)c34)c2)c1. The number of halogens is 1. The van der Waals surface area contributed by atoms with Crippen LogP contribution in [-0.4, -0.2) is 17.1 Å². The molecule has 162 valence electrons. The van der Waals surface area contributed by atoms with Gasteiger partial charge in [0, 0.05) is 12.2 Å². The van der Waals surface area contributed by atoms with Gasteiger partial charge in [0.15, 0.2) is 11.4 Å². The van der Waals surface area contributed by atoms with E-state index in [1.165, 1.54) is 6.07 Å². The number of nitrogens with zero attached hydrogens (tertiary/aromatic N) is 1. The van der Waals surface area contributed by atoms with Gasteiger partial charge in [-0.1, -0.05) is 29.4 Å². The average molecular weight is 433 g/mol. The van der Waals surface area contributed by atoms with Crippen molar-refractivity contribution in [2.24, 2.45) is 0 Å². The second-order valence-corrected chi connectivity index (χ2v) is 7.19. The van der Waals surface area contributed by atoms with Gasteiger partial charge in [-0.05, 0) is 54.4 Å². The van der Waals surface area contributed by atoms with Gasteiger partial charge >= 0.3 is 6.03 Å². The molecule has 0 saturated heterocycles. The molecule has 5 N–H and O–H groups in total. The van der Waals surface area contributed by atoms with Crippen molar-refractivity contribution >= 4 is 40.1 Å². The van der Waals surface area contributed by atoms with Crippen LogP contribution >= 0.6 is 0 Å². The standard InChI is InChI=1S/C23H20FN5O3/c1-13-8-9-17(24)18(10-13)28-23(31)26-12-14-4-2-5-15(11-14)27-22(30)16-6-3-7-19-20(16)21(25)29-32-19/h2-11H,12H2,1H3,(H2,25,29)(H,27,30)(H2,26,28,31). The molecule has 0 atom stereocenters. The summed E-state index contributed by atoms with van der Waals surface area (Å²) < 4.78 is 18.9. The van der Waals surface area contributed by atoms with Crippen molar-refractivity contribution in [3.8, 4) is 0 Å². The first-order valence-corrected chi connectivity index (χ1v) is 9.76. The number of amides is 3. The van der Waals surface area contributed by atoms with Crippen molar-refractivity contribution in [2.45, 2.75) is 13.5 Å². The van der Waals surface area contributed by atoms with Crippen molar-refractivity contribution in [2.75, 3.05) is 16.4 Å². The monoisotopic (exact) mass is 433 g/mol. The summed E-state index contributed by atoms with van der Waals surface area (Å²) in [6, 6.07) is 15.9. The van der Waals surface area contributed by atoms with E-state index in [9.17, 15) is 14.0 Å². The number of hydrogen-bond acceptors (Lipinski definition) is 5. The third-order valence-electron chi connectivity index (χ3n) is 4.78. The van der Waals surface area contributed by atoms with Crippen molar-refractivity contribution < 1.29 is 18.5 Å². The van der Waals surface area contributed by atoms with Crippen molar-refractivity contribution in [1.82, 2.24) is 10.5 Å². The summed E-state index contributed by atoms with van der Waals surface area (Å²) in [5, 5.41) is 12.1. The predicted octanol–water partition coefficient (Wildman–Crippen LogP) is 4.43. The van der Waals surface area contributed by atoms with Crippen LogP contribution in [0.25, 0.3) is 11.0 Å². The van der Waals surface area contributed by atoms with Crippen molar-refractivity contribution in [3.05, 3.63) is 83.2 Å². The Morgan fingerprint density at radius 2 is 1.88 bits per heavy atom. The highest BCUT2D eigenvalue weighted by Crippen LogP contribution is 2.25. The number of hydrogen-bond donors (Lipinski definition) is 4. The third kappa shape index (κ3) is 4.51. The number of anilines is 3. The number of carbonyl (C=O) groups is 2. The first-order chi connectivity index (χ1) is 15.4. The van der Waals surface area contributed by atoms with Crippen LogP contribution < -0.4 is 21.7 Å².